The van der Waals surface area contributed by atoms with Crippen LogP contribution in [0.15, 0.2) is 18.2 Å². The third kappa shape index (κ3) is 1.85. The van der Waals surface area contributed by atoms with Gasteiger partial charge in [0, 0.05) is 11.3 Å². The van der Waals surface area contributed by atoms with E-state index in [1.807, 2.05) is 19.1 Å². The summed E-state index contributed by atoms with van der Waals surface area (Å²) in [5.41, 5.74) is 0.796. The van der Waals surface area contributed by atoms with Gasteiger partial charge in [0.05, 0.1) is 6.61 Å². The topological polar surface area (TPSA) is 29.5 Å². The molecule has 1 N–H and O–H groups in total. The van der Waals surface area contributed by atoms with Gasteiger partial charge in [0.1, 0.15) is 0 Å². The Morgan fingerprint density at radius 1 is 1.50 bits per heavy atom. The maximum Gasteiger partial charge on any atom is 0.161 e. The third-order valence-corrected chi connectivity index (χ3v) is 1.89. The van der Waals surface area contributed by atoms with Crippen molar-refractivity contribution in [1.29, 1.82) is 0 Å². The van der Waals surface area contributed by atoms with Gasteiger partial charge >= 0.3 is 0 Å². The minimum atomic E-state index is 0.203. The smallest absolute Gasteiger partial charge is 0.161 e. The number of thiol groups is 1. The third-order valence-electron chi connectivity index (χ3n) is 1.55. The summed E-state index contributed by atoms with van der Waals surface area (Å²) in [5.74, 6) is 1.26. The Bertz CT molecular complexity index is 261. The highest BCUT2D eigenvalue weighted by Crippen LogP contribution is 2.30. The maximum atomic E-state index is 9.55. The molecule has 0 heterocycles. The maximum absolute atomic E-state index is 9.55. The van der Waals surface area contributed by atoms with E-state index in [9.17, 15) is 5.11 Å². The molecule has 0 fully saturated rings. The summed E-state index contributed by atoms with van der Waals surface area (Å²) in [6.07, 6.45) is 0. The van der Waals surface area contributed by atoms with Crippen molar-refractivity contribution in [3.05, 3.63) is 23.8 Å². The van der Waals surface area contributed by atoms with Crippen LogP contribution >= 0.6 is 12.6 Å². The van der Waals surface area contributed by atoms with Crippen LogP contribution < -0.4 is 4.74 Å². The van der Waals surface area contributed by atoms with Gasteiger partial charge in [0.2, 0.25) is 0 Å². The highest BCUT2D eigenvalue weighted by atomic mass is 32.1. The monoisotopic (exact) mass is 184 g/mol. The summed E-state index contributed by atoms with van der Waals surface area (Å²) in [7, 11) is 0. The number of aromatic hydroxyl groups is 1. The molecule has 2 nitrogen and oxygen atoms in total. The van der Waals surface area contributed by atoms with Gasteiger partial charge in [-0.15, -0.1) is 0 Å². The lowest BCUT2D eigenvalue weighted by Crippen LogP contribution is -1.92. The Balaban J connectivity index is 2.97. The van der Waals surface area contributed by atoms with Crippen molar-refractivity contribution in [2.45, 2.75) is 12.7 Å². The molecule has 0 amide bonds. The fourth-order valence-corrected chi connectivity index (χ4v) is 1.22. The molecule has 0 aromatic heterocycles. The second kappa shape index (κ2) is 4.26. The van der Waals surface area contributed by atoms with Crippen LogP contribution in [0.2, 0.25) is 0 Å². The van der Waals surface area contributed by atoms with Gasteiger partial charge in [-0.3, -0.25) is 0 Å². The first-order valence-electron chi connectivity index (χ1n) is 3.84. The molecule has 12 heavy (non-hydrogen) atoms. The number of benzene rings is 1. The number of hydrogen-bond donors (Lipinski definition) is 2. The zero-order chi connectivity index (χ0) is 8.97. The second-order valence-electron chi connectivity index (χ2n) is 2.36. The van der Waals surface area contributed by atoms with Gasteiger partial charge in [-0.05, 0) is 13.0 Å². The quantitative estimate of drug-likeness (QED) is 0.705. The van der Waals surface area contributed by atoms with Crippen LogP contribution in [0.5, 0.6) is 11.5 Å². The lowest BCUT2D eigenvalue weighted by molar-refractivity contribution is 0.317. The summed E-state index contributed by atoms with van der Waals surface area (Å²) in [6, 6.07) is 5.41. The number of para-hydroxylation sites is 1. The van der Waals surface area contributed by atoms with Crippen LogP contribution in [0, 0.1) is 0 Å². The number of hydrogen-bond acceptors (Lipinski definition) is 3. The Kier molecular flexibility index (Phi) is 3.29. The van der Waals surface area contributed by atoms with E-state index in [2.05, 4.69) is 12.6 Å². The molecule has 0 aliphatic heterocycles. The lowest BCUT2D eigenvalue weighted by atomic mass is 10.2. The number of phenolic OH excluding ortho intramolecular Hbond substituents is 1. The minimum absolute atomic E-state index is 0.203. The van der Waals surface area contributed by atoms with Crippen LogP contribution in [0.3, 0.4) is 0 Å². The summed E-state index contributed by atoms with van der Waals surface area (Å²) in [5, 5.41) is 9.55. The number of rotatable bonds is 3. The summed E-state index contributed by atoms with van der Waals surface area (Å²) < 4.78 is 5.20. The van der Waals surface area contributed by atoms with Crippen molar-refractivity contribution in [3.8, 4) is 11.5 Å². The van der Waals surface area contributed by atoms with E-state index < -0.39 is 0 Å². The molecule has 0 bridgehead atoms. The first-order valence-corrected chi connectivity index (χ1v) is 4.47. The number of ether oxygens (including phenoxy) is 1. The second-order valence-corrected chi connectivity index (χ2v) is 2.67. The molecule has 1 aromatic carbocycles. The fraction of sp³-hybridized carbons (Fsp3) is 0.333. The van der Waals surface area contributed by atoms with Crippen molar-refractivity contribution in [2.24, 2.45) is 0 Å². The molecule has 0 saturated heterocycles. The standard InChI is InChI=1S/C9H12O2S/c1-2-11-8-5-3-4-7(6-12)9(8)10/h3-5,10,12H,2,6H2,1H3. The normalized spacial score (nSPS) is 9.83. The molecular weight excluding hydrogens is 172 g/mol. The van der Waals surface area contributed by atoms with Crippen molar-refractivity contribution in [2.75, 3.05) is 6.61 Å². The van der Waals surface area contributed by atoms with Crippen molar-refractivity contribution in [3.63, 3.8) is 0 Å². The van der Waals surface area contributed by atoms with E-state index in [1.165, 1.54) is 0 Å². The van der Waals surface area contributed by atoms with E-state index in [4.69, 9.17) is 4.74 Å². The van der Waals surface area contributed by atoms with Gasteiger partial charge in [-0.25, -0.2) is 0 Å². The average molecular weight is 184 g/mol. The van der Waals surface area contributed by atoms with E-state index in [-0.39, 0.29) is 5.75 Å². The SMILES string of the molecule is CCOc1cccc(CS)c1O. The molecule has 66 valence electrons. The molecule has 0 aliphatic carbocycles. The van der Waals surface area contributed by atoms with Crippen LogP contribution in [-0.2, 0) is 5.75 Å². The van der Waals surface area contributed by atoms with Gasteiger partial charge in [0.25, 0.3) is 0 Å². The van der Waals surface area contributed by atoms with E-state index in [0.717, 1.165) is 5.56 Å². The predicted molar refractivity (Wildman–Crippen MR) is 52.0 cm³/mol. The molecule has 0 aliphatic rings. The summed E-state index contributed by atoms with van der Waals surface area (Å²) in [4.78, 5) is 0. The summed E-state index contributed by atoms with van der Waals surface area (Å²) >= 11 is 4.08. The van der Waals surface area contributed by atoms with Gasteiger partial charge < -0.3 is 9.84 Å². The molecule has 0 spiro atoms. The fourth-order valence-electron chi connectivity index (χ4n) is 0.967. The Morgan fingerprint density at radius 3 is 2.83 bits per heavy atom. The van der Waals surface area contributed by atoms with Crippen LogP contribution in [0.4, 0.5) is 0 Å². The van der Waals surface area contributed by atoms with E-state index >= 15 is 0 Å². The Morgan fingerprint density at radius 2 is 2.25 bits per heavy atom. The molecule has 0 radical (unpaired) electrons. The molecule has 0 unspecified atom stereocenters. The Hall–Kier alpha value is -0.830. The first-order chi connectivity index (χ1) is 5.79. The molecular formula is C9H12O2S. The van der Waals surface area contributed by atoms with Crippen molar-refractivity contribution in [1.82, 2.24) is 0 Å². The van der Waals surface area contributed by atoms with Gasteiger partial charge in [-0.2, -0.15) is 12.6 Å². The average Bonchev–Trinajstić information content (AvgIpc) is 2.09. The van der Waals surface area contributed by atoms with Crippen molar-refractivity contribution >= 4 is 12.6 Å². The lowest BCUT2D eigenvalue weighted by Gasteiger charge is -2.07. The predicted octanol–water partition coefficient (Wildman–Crippen LogP) is 2.22. The van der Waals surface area contributed by atoms with Crippen LogP contribution in [0.1, 0.15) is 12.5 Å². The zero-order valence-electron chi connectivity index (χ0n) is 6.95. The number of phenols is 1. The van der Waals surface area contributed by atoms with E-state index in [0.29, 0.717) is 18.1 Å². The molecule has 1 aromatic rings. The highest BCUT2D eigenvalue weighted by Gasteiger charge is 2.04. The van der Waals surface area contributed by atoms with Gasteiger partial charge in [0.15, 0.2) is 11.5 Å². The Labute approximate surface area is 77.6 Å². The minimum Gasteiger partial charge on any atom is -0.504 e. The molecule has 0 saturated carbocycles. The van der Waals surface area contributed by atoms with Gasteiger partial charge in [-0.1, -0.05) is 12.1 Å². The van der Waals surface area contributed by atoms with Crippen molar-refractivity contribution < 1.29 is 9.84 Å². The zero-order valence-corrected chi connectivity index (χ0v) is 7.84. The summed E-state index contributed by atoms with van der Waals surface area (Å²) in [6.45, 7) is 2.44. The largest absolute Gasteiger partial charge is 0.504 e. The molecule has 3 heteroatoms. The highest BCUT2D eigenvalue weighted by molar-refractivity contribution is 7.79. The van der Waals surface area contributed by atoms with Crippen LogP contribution in [-0.4, -0.2) is 11.7 Å². The first kappa shape index (κ1) is 9.26. The van der Waals surface area contributed by atoms with E-state index in [1.54, 1.807) is 6.07 Å². The van der Waals surface area contributed by atoms with Crippen LogP contribution in [0.25, 0.3) is 0 Å². The molecule has 0 atom stereocenters. The molecule has 1 rings (SSSR count).